The maximum Gasteiger partial charge on any atom is 0.213 e. The number of pyridine rings is 2. The highest BCUT2D eigenvalue weighted by atomic mass is 19.1. The molecule has 0 radical (unpaired) electrons. The molecule has 4 rings (SSSR count). The zero-order valence-electron chi connectivity index (χ0n) is 13.1. The van der Waals surface area contributed by atoms with Crippen molar-refractivity contribution in [3.8, 4) is 11.5 Å². The molecule has 0 saturated heterocycles. The summed E-state index contributed by atoms with van der Waals surface area (Å²) in [7, 11) is 0. The fourth-order valence-electron chi connectivity index (χ4n) is 2.86. The molecule has 24 heavy (non-hydrogen) atoms. The maximum absolute atomic E-state index is 13.4. The number of hydrogen-bond acceptors (Lipinski definition) is 4. The summed E-state index contributed by atoms with van der Waals surface area (Å²) in [5.41, 5.74) is 2.41. The third-order valence-electron chi connectivity index (χ3n) is 3.92. The van der Waals surface area contributed by atoms with E-state index in [0.717, 1.165) is 23.4 Å². The van der Waals surface area contributed by atoms with Crippen molar-refractivity contribution >= 4 is 11.0 Å². The van der Waals surface area contributed by atoms with E-state index in [2.05, 4.69) is 31.4 Å². The predicted molar refractivity (Wildman–Crippen MR) is 87.7 cm³/mol. The molecule has 120 valence electrons. The molecule has 4 heterocycles. The third kappa shape index (κ3) is 2.44. The summed E-state index contributed by atoms with van der Waals surface area (Å²) in [5, 5.41) is 0. The Labute approximate surface area is 137 Å². The lowest BCUT2D eigenvalue weighted by Gasteiger charge is -2.09. The largest absolute Gasteiger partial charge is 0.327 e. The van der Waals surface area contributed by atoms with Gasteiger partial charge in [-0.1, -0.05) is 6.07 Å². The molecule has 0 amide bonds. The van der Waals surface area contributed by atoms with Crippen LogP contribution in [0.4, 0.5) is 4.39 Å². The van der Waals surface area contributed by atoms with Gasteiger partial charge in [0.15, 0.2) is 5.82 Å². The lowest BCUT2D eigenvalue weighted by atomic mass is 10.3. The topological polar surface area (TPSA) is 61.4 Å². The number of halogens is 1. The number of imidazole rings is 2. The second-order valence-electron chi connectivity index (χ2n) is 5.36. The van der Waals surface area contributed by atoms with E-state index in [1.807, 2.05) is 16.8 Å². The van der Waals surface area contributed by atoms with Gasteiger partial charge in [0.05, 0.1) is 18.3 Å². The van der Waals surface area contributed by atoms with Crippen molar-refractivity contribution in [1.82, 2.24) is 29.1 Å². The number of aromatic nitrogens is 6. The van der Waals surface area contributed by atoms with Gasteiger partial charge < -0.3 is 9.13 Å². The monoisotopic (exact) mass is 322 g/mol. The number of nitrogens with zero attached hydrogens (tertiary/aromatic N) is 6. The zero-order chi connectivity index (χ0) is 16.5. The summed E-state index contributed by atoms with van der Waals surface area (Å²) in [6.07, 6.45) is 7.05. The molecule has 6 nitrogen and oxygen atoms in total. The van der Waals surface area contributed by atoms with Gasteiger partial charge in [-0.2, -0.15) is 4.39 Å². The maximum atomic E-state index is 13.4. The highest BCUT2D eigenvalue weighted by Gasteiger charge is 2.13. The molecule has 0 N–H and O–H groups in total. The van der Waals surface area contributed by atoms with Gasteiger partial charge in [-0.15, -0.1) is 0 Å². The molecule has 0 aromatic carbocycles. The van der Waals surface area contributed by atoms with Gasteiger partial charge in [0.1, 0.15) is 17.0 Å². The van der Waals surface area contributed by atoms with E-state index >= 15 is 0 Å². The van der Waals surface area contributed by atoms with Gasteiger partial charge in [0.2, 0.25) is 5.95 Å². The van der Waals surface area contributed by atoms with Gasteiger partial charge in [-0.25, -0.2) is 15.0 Å². The Hall–Kier alpha value is -3.09. The fraction of sp³-hybridized carbons (Fsp3) is 0.176. The van der Waals surface area contributed by atoms with E-state index in [1.54, 1.807) is 30.7 Å². The number of aryl methyl sites for hydroxylation is 1. The van der Waals surface area contributed by atoms with Crippen molar-refractivity contribution in [3.05, 3.63) is 60.8 Å². The van der Waals surface area contributed by atoms with E-state index in [-0.39, 0.29) is 0 Å². The van der Waals surface area contributed by atoms with Crippen molar-refractivity contribution in [2.24, 2.45) is 0 Å². The van der Waals surface area contributed by atoms with Crippen LogP contribution in [0.3, 0.4) is 0 Å². The number of rotatable bonds is 4. The lowest BCUT2D eigenvalue weighted by molar-refractivity contribution is 0.584. The summed E-state index contributed by atoms with van der Waals surface area (Å²) in [4.78, 5) is 17.0. The summed E-state index contributed by atoms with van der Waals surface area (Å²) in [6, 6.07) is 6.65. The van der Waals surface area contributed by atoms with Crippen LogP contribution < -0.4 is 0 Å². The van der Waals surface area contributed by atoms with Crippen LogP contribution in [0.1, 0.15) is 12.7 Å². The van der Waals surface area contributed by atoms with Crippen LogP contribution in [0.15, 0.2) is 49.1 Å². The van der Waals surface area contributed by atoms with E-state index in [1.165, 1.54) is 6.07 Å². The molecule has 0 bridgehead atoms. The molecule has 7 heteroatoms. The summed E-state index contributed by atoms with van der Waals surface area (Å²) >= 11 is 0. The zero-order valence-corrected chi connectivity index (χ0v) is 13.1. The summed E-state index contributed by atoms with van der Waals surface area (Å²) < 4.78 is 17.5. The number of fused-ring (bicyclic) bond motifs is 1. The van der Waals surface area contributed by atoms with Crippen molar-refractivity contribution < 1.29 is 4.39 Å². The SMILES string of the molecule is CCn1c(Cn2ccnc2-c2cccc(F)n2)nc2cnccc21. The van der Waals surface area contributed by atoms with E-state index in [0.29, 0.717) is 18.1 Å². The van der Waals surface area contributed by atoms with E-state index < -0.39 is 5.95 Å². The Bertz CT molecular complexity index is 1000. The first-order chi connectivity index (χ1) is 11.8. The average Bonchev–Trinajstić information content (AvgIpc) is 3.19. The van der Waals surface area contributed by atoms with Crippen LogP contribution in [0, 0.1) is 5.95 Å². The Morgan fingerprint density at radius 1 is 1.12 bits per heavy atom. The van der Waals surface area contributed by atoms with Gasteiger partial charge in [0.25, 0.3) is 0 Å². The van der Waals surface area contributed by atoms with E-state index in [4.69, 9.17) is 0 Å². The molecular weight excluding hydrogens is 307 g/mol. The third-order valence-corrected chi connectivity index (χ3v) is 3.92. The fourth-order valence-corrected chi connectivity index (χ4v) is 2.86. The van der Waals surface area contributed by atoms with Crippen molar-refractivity contribution in [3.63, 3.8) is 0 Å². The van der Waals surface area contributed by atoms with Crippen LogP contribution in [-0.4, -0.2) is 29.1 Å². The second kappa shape index (κ2) is 5.84. The molecule has 0 fully saturated rings. The standard InChI is InChI=1S/C17H15FN6/c1-2-24-14-6-7-19-10-13(14)22-16(24)11-23-9-8-20-17(23)12-4-3-5-15(18)21-12/h3-10H,2,11H2,1H3. The molecular formula is C17H15FN6. The minimum atomic E-state index is -0.520. The van der Waals surface area contributed by atoms with Crippen molar-refractivity contribution in [1.29, 1.82) is 0 Å². The van der Waals surface area contributed by atoms with E-state index in [9.17, 15) is 4.39 Å². The Balaban J connectivity index is 1.76. The molecule has 0 spiro atoms. The molecule has 0 aliphatic rings. The first-order valence-electron chi connectivity index (χ1n) is 7.69. The highest BCUT2D eigenvalue weighted by Crippen LogP contribution is 2.19. The average molecular weight is 322 g/mol. The van der Waals surface area contributed by atoms with Crippen LogP contribution in [0.5, 0.6) is 0 Å². The number of hydrogen-bond donors (Lipinski definition) is 0. The quantitative estimate of drug-likeness (QED) is 0.542. The molecule has 4 aromatic rings. The van der Waals surface area contributed by atoms with Crippen LogP contribution in [0.2, 0.25) is 0 Å². The highest BCUT2D eigenvalue weighted by molar-refractivity contribution is 5.74. The van der Waals surface area contributed by atoms with Crippen molar-refractivity contribution in [2.45, 2.75) is 20.0 Å². The Kier molecular flexibility index (Phi) is 3.53. The van der Waals surface area contributed by atoms with Crippen LogP contribution in [-0.2, 0) is 13.1 Å². The van der Waals surface area contributed by atoms with Gasteiger partial charge in [-0.3, -0.25) is 4.98 Å². The minimum Gasteiger partial charge on any atom is -0.327 e. The Morgan fingerprint density at radius 3 is 2.88 bits per heavy atom. The van der Waals surface area contributed by atoms with Gasteiger partial charge in [-0.05, 0) is 25.1 Å². The van der Waals surface area contributed by atoms with Gasteiger partial charge >= 0.3 is 0 Å². The molecule has 0 atom stereocenters. The molecule has 0 aliphatic heterocycles. The molecule has 0 aliphatic carbocycles. The second-order valence-corrected chi connectivity index (χ2v) is 5.36. The predicted octanol–water partition coefficient (Wildman–Crippen LogP) is 2.90. The van der Waals surface area contributed by atoms with Gasteiger partial charge in [0, 0.05) is 25.1 Å². The first kappa shape index (κ1) is 14.5. The van der Waals surface area contributed by atoms with Crippen molar-refractivity contribution in [2.75, 3.05) is 0 Å². The Morgan fingerprint density at radius 2 is 2.04 bits per heavy atom. The summed E-state index contributed by atoms with van der Waals surface area (Å²) in [5.74, 6) is 0.993. The van der Waals surface area contributed by atoms with Crippen LogP contribution in [0.25, 0.3) is 22.6 Å². The molecule has 0 unspecified atom stereocenters. The van der Waals surface area contributed by atoms with Crippen LogP contribution >= 0.6 is 0 Å². The lowest BCUT2D eigenvalue weighted by Crippen LogP contribution is -2.09. The first-order valence-corrected chi connectivity index (χ1v) is 7.69. The summed E-state index contributed by atoms with van der Waals surface area (Å²) in [6.45, 7) is 3.40. The normalized spacial score (nSPS) is 11.2. The molecule has 0 saturated carbocycles. The minimum absolute atomic E-state index is 0.501. The molecule has 4 aromatic heterocycles. The smallest absolute Gasteiger partial charge is 0.213 e.